The Bertz CT molecular complexity index is 523. The average Bonchev–Trinajstić information content (AvgIpc) is 2.77. The van der Waals surface area contributed by atoms with E-state index in [-0.39, 0.29) is 5.57 Å². The highest BCUT2D eigenvalue weighted by atomic mass is 19.3. The SMILES string of the molecule is C/C=C(\C=NC)C(=O)NCC(=O)N1CC(F)(F)CC1C#N. The van der Waals surface area contributed by atoms with E-state index in [1.165, 1.54) is 19.3 Å². The molecule has 6 nitrogen and oxygen atoms in total. The molecule has 1 fully saturated rings. The molecule has 1 atom stereocenters. The van der Waals surface area contributed by atoms with Gasteiger partial charge < -0.3 is 10.2 Å². The first-order valence-electron chi connectivity index (χ1n) is 6.28. The molecule has 114 valence electrons. The Morgan fingerprint density at radius 2 is 2.24 bits per heavy atom. The second-order valence-electron chi connectivity index (χ2n) is 4.54. The number of carbonyl (C=O) groups is 2. The molecule has 1 N–H and O–H groups in total. The maximum Gasteiger partial charge on any atom is 0.268 e. The summed E-state index contributed by atoms with van der Waals surface area (Å²) in [6, 6.07) is 0.508. The number of halogens is 2. The van der Waals surface area contributed by atoms with Crippen LogP contribution in [0.2, 0.25) is 0 Å². The predicted octanol–water partition coefficient (Wildman–Crippen LogP) is 0.509. The Labute approximate surface area is 121 Å². The van der Waals surface area contributed by atoms with Crippen molar-refractivity contribution in [3.63, 3.8) is 0 Å². The molecule has 8 heteroatoms. The Hall–Kier alpha value is -2.30. The number of nitriles is 1. The molecular weight excluding hydrogens is 282 g/mol. The van der Waals surface area contributed by atoms with E-state index in [1.807, 2.05) is 0 Å². The first-order valence-corrected chi connectivity index (χ1v) is 6.28. The van der Waals surface area contributed by atoms with Gasteiger partial charge in [-0.15, -0.1) is 0 Å². The van der Waals surface area contributed by atoms with Crippen LogP contribution in [-0.2, 0) is 9.59 Å². The summed E-state index contributed by atoms with van der Waals surface area (Å²) in [5.41, 5.74) is 0.258. The van der Waals surface area contributed by atoms with Crippen molar-refractivity contribution >= 4 is 18.0 Å². The summed E-state index contributed by atoms with van der Waals surface area (Å²) in [4.78, 5) is 28.0. The second-order valence-corrected chi connectivity index (χ2v) is 4.54. The van der Waals surface area contributed by atoms with Crippen LogP contribution in [0.3, 0.4) is 0 Å². The number of alkyl halides is 2. The quantitative estimate of drug-likeness (QED) is 0.606. The van der Waals surface area contributed by atoms with Crippen LogP contribution < -0.4 is 5.32 Å². The van der Waals surface area contributed by atoms with Gasteiger partial charge in [0.25, 0.3) is 11.8 Å². The molecular formula is C13H16F2N4O2. The van der Waals surface area contributed by atoms with Gasteiger partial charge in [-0.2, -0.15) is 5.26 Å². The van der Waals surface area contributed by atoms with Crippen LogP contribution in [0, 0.1) is 11.3 Å². The van der Waals surface area contributed by atoms with E-state index < -0.39 is 43.3 Å². The largest absolute Gasteiger partial charge is 0.343 e. The predicted molar refractivity (Wildman–Crippen MR) is 71.9 cm³/mol. The highest BCUT2D eigenvalue weighted by Gasteiger charge is 2.47. The lowest BCUT2D eigenvalue weighted by Crippen LogP contribution is -2.43. The molecule has 2 amide bonds. The van der Waals surface area contributed by atoms with E-state index in [4.69, 9.17) is 5.26 Å². The smallest absolute Gasteiger partial charge is 0.268 e. The lowest BCUT2D eigenvalue weighted by molar-refractivity contribution is -0.133. The summed E-state index contributed by atoms with van der Waals surface area (Å²) in [5.74, 6) is -4.31. The molecule has 1 heterocycles. The standard InChI is InChI=1S/C13H16F2N4O2/c1-3-9(6-17-2)12(21)18-7-11(20)19-8-13(14,15)4-10(19)5-16/h3,6,10H,4,7-8H2,1-2H3,(H,18,21)/b9-3+,17-6?. The lowest BCUT2D eigenvalue weighted by Gasteiger charge is -2.19. The third-order valence-corrected chi connectivity index (χ3v) is 2.98. The van der Waals surface area contributed by atoms with Gasteiger partial charge in [0.15, 0.2) is 0 Å². The van der Waals surface area contributed by atoms with E-state index >= 15 is 0 Å². The first kappa shape index (κ1) is 16.8. The number of rotatable bonds is 4. The van der Waals surface area contributed by atoms with Gasteiger partial charge in [0.2, 0.25) is 5.91 Å². The van der Waals surface area contributed by atoms with Crippen molar-refractivity contribution in [1.82, 2.24) is 10.2 Å². The van der Waals surface area contributed by atoms with E-state index in [0.717, 1.165) is 4.90 Å². The topological polar surface area (TPSA) is 85.6 Å². The molecule has 1 saturated heterocycles. The number of amides is 2. The molecule has 1 unspecified atom stereocenters. The van der Waals surface area contributed by atoms with Crippen molar-refractivity contribution < 1.29 is 18.4 Å². The van der Waals surface area contributed by atoms with Crippen LogP contribution in [0.15, 0.2) is 16.6 Å². The van der Waals surface area contributed by atoms with Crippen LogP contribution in [0.1, 0.15) is 13.3 Å². The highest BCUT2D eigenvalue weighted by molar-refractivity contribution is 6.12. The van der Waals surface area contributed by atoms with E-state index in [9.17, 15) is 18.4 Å². The molecule has 0 aromatic rings. The van der Waals surface area contributed by atoms with Gasteiger partial charge in [-0.25, -0.2) is 8.78 Å². The summed E-state index contributed by atoms with van der Waals surface area (Å²) in [5, 5.41) is 11.1. The summed E-state index contributed by atoms with van der Waals surface area (Å²) >= 11 is 0. The third-order valence-electron chi connectivity index (χ3n) is 2.98. The zero-order chi connectivity index (χ0) is 16.0. The van der Waals surface area contributed by atoms with Gasteiger partial charge in [-0.1, -0.05) is 6.08 Å². The fourth-order valence-electron chi connectivity index (χ4n) is 1.96. The van der Waals surface area contributed by atoms with Crippen LogP contribution in [-0.4, -0.2) is 55.0 Å². The van der Waals surface area contributed by atoms with Crippen LogP contribution in [0.25, 0.3) is 0 Å². The molecule has 0 aromatic heterocycles. The molecule has 21 heavy (non-hydrogen) atoms. The van der Waals surface area contributed by atoms with Crippen LogP contribution in [0.4, 0.5) is 8.78 Å². The van der Waals surface area contributed by atoms with E-state index in [1.54, 1.807) is 13.0 Å². The van der Waals surface area contributed by atoms with Crippen molar-refractivity contribution in [1.29, 1.82) is 5.26 Å². The molecule has 0 spiro atoms. The fourth-order valence-corrected chi connectivity index (χ4v) is 1.96. The third kappa shape index (κ3) is 4.34. The van der Waals surface area contributed by atoms with Crippen molar-refractivity contribution in [3.05, 3.63) is 11.6 Å². The fraction of sp³-hybridized carbons (Fsp3) is 0.538. The monoisotopic (exact) mass is 298 g/mol. The number of hydrogen-bond acceptors (Lipinski definition) is 4. The van der Waals surface area contributed by atoms with Crippen molar-refractivity contribution in [2.45, 2.75) is 25.3 Å². The maximum absolute atomic E-state index is 13.2. The van der Waals surface area contributed by atoms with Gasteiger partial charge in [-0.05, 0) is 6.92 Å². The molecule has 1 aliphatic heterocycles. The maximum atomic E-state index is 13.2. The molecule has 1 rings (SSSR count). The normalized spacial score (nSPS) is 21.4. The Morgan fingerprint density at radius 3 is 2.76 bits per heavy atom. The number of likely N-dealkylation sites (tertiary alicyclic amines) is 1. The van der Waals surface area contributed by atoms with Gasteiger partial charge in [0, 0.05) is 19.7 Å². The molecule has 0 bridgehead atoms. The summed E-state index contributed by atoms with van der Waals surface area (Å²) in [7, 11) is 1.49. The van der Waals surface area contributed by atoms with E-state index in [0.29, 0.717) is 0 Å². The minimum Gasteiger partial charge on any atom is -0.343 e. The second kappa shape index (κ2) is 6.92. The Morgan fingerprint density at radius 1 is 1.57 bits per heavy atom. The number of hydrogen-bond donors (Lipinski definition) is 1. The molecule has 1 aliphatic rings. The van der Waals surface area contributed by atoms with Gasteiger partial charge in [0.05, 0.1) is 24.7 Å². The van der Waals surface area contributed by atoms with Gasteiger partial charge >= 0.3 is 0 Å². The molecule has 0 radical (unpaired) electrons. The average molecular weight is 298 g/mol. The van der Waals surface area contributed by atoms with Crippen molar-refractivity contribution in [2.24, 2.45) is 4.99 Å². The van der Waals surface area contributed by atoms with E-state index in [2.05, 4.69) is 10.3 Å². The minimum absolute atomic E-state index is 0.258. The lowest BCUT2D eigenvalue weighted by atomic mass is 10.2. The zero-order valence-electron chi connectivity index (χ0n) is 11.8. The zero-order valence-corrected chi connectivity index (χ0v) is 11.8. The first-order chi connectivity index (χ1) is 9.84. The molecule has 0 aliphatic carbocycles. The van der Waals surface area contributed by atoms with Gasteiger partial charge in [-0.3, -0.25) is 14.6 Å². The summed E-state index contributed by atoms with van der Waals surface area (Å²) < 4.78 is 26.4. The number of aliphatic imine (C=N–C) groups is 1. The summed E-state index contributed by atoms with van der Waals surface area (Å²) in [6.45, 7) is 0.389. The number of allylic oxidation sites excluding steroid dienone is 1. The van der Waals surface area contributed by atoms with Crippen LogP contribution >= 0.6 is 0 Å². The minimum atomic E-state index is -3.07. The number of carbonyl (C=O) groups excluding carboxylic acids is 2. The van der Waals surface area contributed by atoms with Crippen molar-refractivity contribution in [3.8, 4) is 6.07 Å². The number of nitrogens with one attached hydrogen (secondary N) is 1. The molecule has 0 aromatic carbocycles. The Balaban J connectivity index is 2.62. The Kier molecular flexibility index (Phi) is 5.52. The summed E-state index contributed by atoms with van der Waals surface area (Å²) in [6.07, 6.45) is 2.16. The van der Waals surface area contributed by atoms with Crippen molar-refractivity contribution in [2.75, 3.05) is 20.1 Å². The number of nitrogens with zero attached hydrogens (tertiary/aromatic N) is 3. The molecule has 0 saturated carbocycles. The van der Waals surface area contributed by atoms with Gasteiger partial charge in [0.1, 0.15) is 6.04 Å². The van der Waals surface area contributed by atoms with Crippen LogP contribution in [0.5, 0.6) is 0 Å². The highest BCUT2D eigenvalue weighted by Crippen LogP contribution is 2.31.